The molecule has 1 unspecified atom stereocenters. The van der Waals surface area contributed by atoms with Gasteiger partial charge in [0.2, 0.25) is 0 Å². The molecule has 0 radical (unpaired) electrons. The molecule has 0 aromatic heterocycles. The zero-order chi connectivity index (χ0) is 5.86. The molecule has 0 spiro atoms. The summed E-state index contributed by atoms with van der Waals surface area (Å²) in [6.45, 7) is 4.07. The van der Waals surface area contributed by atoms with Gasteiger partial charge in [-0.05, 0) is 5.92 Å². The van der Waals surface area contributed by atoms with Crippen LogP contribution >= 0.6 is 0 Å². The molecule has 0 aliphatic carbocycles. The Morgan fingerprint density at radius 1 is 1.50 bits per heavy atom. The second kappa shape index (κ2) is 5.06. The van der Waals surface area contributed by atoms with Gasteiger partial charge < -0.3 is 10.8 Å². The Kier molecular flexibility index (Phi) is 6.85. The standard InChI is InChI=1S/C5H13NO.CH4/c1-4(2)5(6)3-7;/h4-5,7H,3,6H2,1-2H3;1H4. The van der Waals surface area contributed by atoms with Gasteiger partial charge in [0, 0.05) is 6.04 Å². The lowest BCUT2D eigenvalue weighted by Gasteiger charge is -2.10. The molecule has 2 nitrogen and oxygen atoms in total. The van der Waals surface area contributed by atoms with Crippen LogP contribution in [0, 0.1) is 5.92 Å². The average Bonchev–Trinajstić information content (AvgIpc) is 1.65. The van der Waals surface area contributed by atoms with Gasteiger partial charge in [0.25, 0.3) is 0 Å². The van der Waals surface area contributed by atoms with Crippen molar-refractivity contribution in [3.63, 3.8) is 0 Å². The monoisotopic (exact) mass is 119 g/mol. The number of aliphatic hydroxyl groups is 1. The molecule has 0 aromatic rings. The van der Waals surface area contributed by atoms with Gasteiger partial charge in [-0.25, -0.2) is 0 Å². The number of rotatable bonds is 2. The van der Waals surface area contributed by atoms with Gasteiger partial charge in [-0.3, -0.25) is 0 Å². The minimum absolute atomic E-state index is 0. The van der Waals surface area contributed by atoms with E-state index in [0.717, 1.165) is 0 Å². The van der Waals surface area contributed by atoms with Crippen LogP contribution in [0.4, 0.5) is 0 Å². The third-order valence-electron chi connectivity index (χ3n) is 1.07. The van der Waals surface area contributed by atoms with Gasteiger partial charge in [0.15, 0.2) is 0 Å². The summed E-state index contributed by atoms with van der Waals surface area (Å²) in [4.78, 5) is 0. The van der Waals surface area contributed by atoms with Crippen molar-refractivity contribution in [3.05, 3.63) is 0 Å². The van der Waals surface area contributed by atoms with Gasteiger partial charge >= 0.3 is 0 Å². The Balaban J connectivity index is 0. The molecular weight excluding hydrogens is 102 g/mol. The Bertz CT molecular complexity index is 45.8. The van der Waals surface area contributed by atoms with E-state index in [9.17, 15) is 0 Å². The smallest absolute Gasteiger partial charge is 0.0585 e. The van der Waals surface area contributed by atoms with Gasteiger partial charge in [0.05, 0.1) is 6.61 Å². The van der Waals surface area contributed by atoms with E-state index in [1.807, 2.05) is 13.8 Å². The molecular formula is C6H17NO. The molecule has 0 saturated heterocycles. The van der Waals surface area contributed by atoms with E-state index in [1.54, 1.807) is 0 Å². The first-order valence-electron chi connectivity index (χ1n) is 2.55. The molecule has 0 aromatic carbocycles. The quantitative estimate of drug-likeness (QED) is 0.559. The number of aliphatic hydroxyl groups excluding tert-OH is 1. The lowest BCUT2D eigenvalue weighted by molar-refractivity contribution is 0.238. The zero-order valence-corrected chi connectivity index (χ0v) is 4.89. The summed E-state index contributed by atoms with van der Waals surface area (Å²) >= 11 is 0. The first-order valence-corrected chi connectivity index (χ1v) is 2.55. The maximum atomic E-state index is 8.38. The maximum absolute atomic E-state index is 8.38. The summed E-state index contributed by atoms with van der Waals surface area (Å²) in [5.74, 6) is 0.394. The van der Waals surface area contributed by atoms with Crippen LogP contribution in [0.2, 0.25) is 0 Å². The van der Waals surface area contributed by atoms with Crippen molar-refractivity contribution in [1.82, 2.24) is 0 Å². The summed E-state index contributed by atoms with van der Waals surface area (Å²) in [6.07, 6.45) is 0. The first-order chi connectivity index (χ1) is 3.18. The van der Waals surface area contributed by atoms with Crippen molar-refractivity contribution in [3.8, 4) is 0 Å². The molecule has 1 atom stereocenters. The maximum Gasteiger partial charge on any atom is 0.0585 e. The van der Waals surface area contributed by atoms with Crippen molar-refractivity contribution in [1.29, 1.82) is 0 Å². The van der Waals surface area contributed by atoms with Crippen LogP contribution in [0.1, 0.15) is 21.3 Å². The molecule has 0 amide bonds. The van der Waals surface area contributed by atoms with Crippen molar-refractivity contribution in [2.75, 3.05) is 6.61 Å². The predicted molar refractivity (Wildman–Crippen MR) is 36.6 cm³/mol. The van der Waals surface area contributed by atoms with E-state index in [4.69, 9.17) is 10.8 Å². The number of hydrogen-bond acceptors (Lipinski definition) is 2. The molecule has 0 heterocycles. The minimum atomic E-state index is -0.0417. The topological polar surface area (TPSA) is 46.2 Å². The number of nitrogens with two attached hydrogens (primary N) is 1. The Morgan fingerprint density at radius 2 is 1.88 bits per heavy atom. The van der Waals surface area contributed by atoms with Gasteiger partial charge in [-0.1, -0.05) is 21.3 Å². The van der Waals surface area contributed by atoms with Crippen LogP contribution in [-0.2, 0) is 0 Å². The van der Waals surface area contributed by atoms with Crippen LogP contribution in [-0.4, -0.2) is 17.8 Å². The van der Waals surface area contributed by atoms with E-state index in [1.165, 1.54) is 0 Å². The first kappa shape index (κ1) is 10.8. The van der Waals surface area contributed by atoms with Crippen LogP contribution in [0.5, 0.6) is 0 Å². The molecule has 0 aliphatic heterocycles. The summed E-state index contributed by atoms with van der Waals surface area (Å²) < 4.78 is 0. The molecule has 52 valence electrons. The summed E-state index contributed by atoms with van der Waals surface area (Å²) in [5.41, 5.74) is 5.37. The molecule has 0 saturated carbocycles. The molecule has 8 heavy (non-hydrogen) atoms. The van der Waals surface area contributed by atoms with Crippen LogP contribution in [0.3, 0.4) is 0 Å². The normalized spacial score (nSPS) is 13.1. The predicted octanol–water partition coefficient (Wildman–Crippen LogP) is 0.598. The van der Waals surface area contributed by atoms with E-state index in [-0.39, 0.29) is 20.1 Å². The summed E-state index contributed by atoms with van der Waals surface area (Å²) in [6, 6.07) is -0.0417. The zero-order valence-electron chi connectivity index (χ0n) is 4.89. The highest BCUT2D eigenvalue weighted by atomic mass is 16.3. The van der Waals surface area contributed by atoms with Crippen LogP contribution in [0.15, 0.2) is 0 Å². The van der Waals surface area contributed by atoms with E-state index in [2.05, 4.69) is 0 Å². The molecule has 0 fully saturated rings. The molecule has 3 N–H and O–H groups in total. The van der Waals surface area contributed by atoms with Crippen molar-refractivity contribution in [2.45, 2.75) is 27.3 Å². The lowest BCUT2D eigenvalue weighted by atomic mass is 10.1. The van der Waals surface area contributed by atoms with Crippen molar-refractivity contribution < 1.29 is 5.11 Å². The molecule has 2 heteroatoms. The second-order valence-corrected chi connectivity index (χ2v) is 2.09. The third-order valence-corrected chi connectivity index (χ3v) is 1.07. The second-order valence-electron chi connectivity index (χ2n) is 2.09. The summed E-state index contributed by atoms with van der Waals surface area (Å²) in [5, 5.41) is 8.38. The van der Waals surface area contributed by atoms with E-state index < -0.39 is 0 Å². The van der Waals surface area contributed by atoms with Gasteiger partial charge in [0.1, 0.15) is 0 Å². The SMILES string of the molecule is C.CC(C)C(N)CO. The average molecular weight is 119 g/mol. The number of hydrogen-bond donors (Lipinski definition) is 2. The van der Waals surface area contributed by atoms with Crippen LogP contribution < -0.4 is 5.73 Å². The molecule has 0 aliphatic rings. The van der Waals surface area contributed by atoms with Crippen LogP contribution in [0.25, 0.3) is 0 Å². The summed E-state index contributed by atoms with van der Waals surface area (Å²) in [7, 11) is 0. The fourth-order valence-electron chi connectivity index (χ4n) is 0.211. The fraction of sp³-hybridized carbons (Fsp3) is 1.00. The Morgan fingerprint density at radius 3 is 1.88 bits per heavy atom. The minimum Gasteiger partial charge on any atom is -0.395 e. The Hall–Kier alpha value is -0.0800. The fourth-order valence-corrected chi connectivity index (χ4v) is 0.211. The van der Waals surface area contributed by atoms with Gasteiger partial charge in [-0.2, -0.15) is 0 Å². The van der Waals surface area contributed by atoms with E-state index >= 15 is 0 Å². The molecule has 0 rings (SSSR count). The Labute approximate surface area is 51.7 Å². The highest BCUT2D eigenvalue weighted by Crippen LogP contribution is 1.94. The van der Waals surface area contributed by atoms with E-state index in [0.29, 0.717) is 5.92 Å². The lowest BCUT2D eigenvalue weighted by Crippen LogP contribution is -2.29. The highest BCUT2D eigenvalue weighted by Gasteiger charge is 2.02. The van der Waals surface area contributed by atoms with Crippen molar-refractivity contribution in [2.24, 2.45) is 11.7 Å². The third kappa shape index (κ3) is 4.09. The molecule has 0 bridgehead atoms. The van der Waals surface area contributed by atoms with Gasteiger partial charge in [-0.15, -0.1) is 0 Å². The largest absolute Gasteiger partial charge is 0.395 e. The highest BCUT2D eigenvalue weighted by molar-refractivity contribution is 4.61. The van der Waals surface area contributed by atoms with Crippen molar-refractivity contribution >= 4 is 0 Å².